The predicted molar refractivity (Wildman–Crippen MR) is 144 cm³/mol. The molecule has 0 fully saturated rings. The Balaban J connectivity index is 1.27. The highest BCUT2D eigenvalue weighted by Crippen LogP contribution is 2.39. The van der Waals surface area contributed by atoms with Gasteiger partial charge in [0.2, 0.25) is 5.91 Å². The zero-order valence-electron chi connectivity index (χ0n) is 20.9. The Labute approximate surface area is 221 Å². The number of rotatable bonds is 10. The number of hydroxylamine groups is 1. The molecule has 6 nitrogen and oxygen atoms in total. The quantitative estimate of drug-likeness (QED) is 0.134. The van der Waals surface area contributed by atoms with Gasteiger partial charge in [-0.15, -0.1) is 0 Å². The molecule has 4 aromatic carbocycles. The van der Waals surface area contributed by atoms with E-state index in [1.807, 2.05) is 91.0 Å². The van der Waals surface area contributed by atoms with Crippen LogP contribution in [0.15, 0.2) is 115 Å². The molecular weight excluding hydrogens is 476 g/mol. The molecule has 0 spiro atoms. The molecule has 5 rings (SSSR count). The lowest BCUT2D eigenvalue weighted by Gasteiger charge is -2.35. The maximum atomic E-state index is 12.9. The van der Waals surface area contributed by atoms with Crippen LogP contribution < -0.4 is 5.48 Å². The van der Waals surface area contributed by atoms with Gasteiger partial charge in [0.1, 0.15) is 0 Å². The van der Waals surface area contributed by atoms with Gasteiger partial charge in [-0.2, -0.15) is 0 Å². The van der Waals surface area contributed by atoms with Crippen molar-refractivity contribution in [3.8, 4) is 0 Å². The minimum atomic E-state index is -1.06. The fourth-order valence-corrected chi connectivity index (χ4v) is 4.88. The molecule has 1 heterocycles. The van der Waals surface area contributed by atoms with Crippen LogP contribution in [0.4, 0.5) is 0 Å². The Bertz CT molecular complexity index is 1290. The Morgan fingerprint density at radius 1 is 0.632 bits per heavy atom. The van der Waals surface area contributed by atoms with Crippen LogP contribution in [0.2, 0.25) is 0 Å². The third kappa shape index (κ3) is 4.86. The monoisotopic (exact) mass is 504 g/mol. The minimum Gasteiger partial charge on any atom is -0.274 e. The van der Waals surface area contributed by atoms with Gasteiger partial charge in [-0.1, -0.05) is 103 Å². The van der Waals surface area contributed by atoms with E-state index in [1.165, 1.54) is 4.90 Å². The van der Waals surface area contributed by atoms with Gasteiger partial charge < -0.3 is 0 Å². The molecule has 38 heavy (non-hydrogen) atoms. The van der Waals surface area contributed by atoms with Gasteiger partial charge in [-0.3, -0.25) is 24.1 Å². The van der Waals surface area contributed by atoms with Gasteiger partial charge in [-0.05, 0) is 41.7 Å². The molecule has 6 heteroatoms. The summed E-state index contributed by atoms with van der Waals surface area (Å²) in [5.41, 5.74) is 5.14. The predicted octanol–water partition coefficient (Wildman–Crippen LogP) is 5.49. The number of hydrogen-bond donors (Lipinski definition) is 1. The van der Waals surface area contributed by atoms with Crippen molar-refractivity contribution in [3.63, 3.8) is 0 Å². The Kier molecular flexibility index (Phi) is 7.43. The number of unbranched alkanes of at least 4 members (excludes halogenated alkanes) is 1. The Morgan fingerprint density at radius 2 is 1.05 bits per heavy atom. The number of carbonyl (C=O) groups excluding carboxylic acids is 3. The number of nitrogens with zero attached hydrogens (tertiary/aromatic N) is 1. The highest BCUT2D eigenvalue weighted by molar-refractivity contribution is 6.21. The largest absolute Gasteiger partial charge is 0.274 e. The first-order valence-electron chi connectivity index (χ1n) is 12.7. The lowest BCUT2D eigenvalue weighted by molar-refractivity contribution is -0.143. The number of benzene rings is 4. The van der Waals surface area contributed by atoms with Gasteiger partial charge >= 0.3 is 0 Å². The van der Waals surface area contributed by atoms with E-state index in [0.29, 0.717) is 24.0 Å². The van der Waals surface area contributed by atoms with E-state index in [-0.39, 0.29) is 30.7 Å². The van der Waals surface area contributed by atoms with Crippen molar-refractivity contribution in [1.82, 2.24) is 10.4 Å². The van der Waals surface area contributed by atoms with E-state index < -0.39 is 5.60 Å². The summed E-state index contributed by atoms with van der Waals surface area (Å²) >= 11 is 0. The molecule has 0 saturated carbocycles. The first-order valence-corrected chi connectivity index (χ1v) is 12.7. The molecule has 0 radical (unpaired) electrons. The lowest BCUT2D eigenvalue weighted by Crippen LogP contribution is -2.40. The van der Waals surface area contributed by atoms with Crippen LogP contribution in [0.3, 0.4) is 0 Å². The third-order valence-corrected chi connectivity index (χ3v) is 6.77. The molecule has 3 amide bonds. The number of fused-ring (bicyclic) bond motifs is 1. The standard InChI is InChI=1S/C32H28N2O4/c35-29(22-12-13-23-34-30(36)27-20-10-11-21-28(27)31(34)37)33-38-32(24-14-4-1-5-15-24,25-16-6-2-7-17-25)26-18-8-3-9-19-26/h1-11,14-21H,12-13,22-23H2,(H,33,35). The molecule has 0 unspecified atom stereocenters. The van der Waals surface area contributed by atoms with E-state index in [4.69, 9.17) is 4.84 Å². The summed E-state index contributed by atoms with van der Waals surface area (Å²) in [6.07, 6.45) is 1.20. The molecule has 1 aliphatic rings. The highest BCUT2D eigenvalue weighted by atomic mass is 16.7. The van der Waals surface area contributed by atoms with Crippen LogP contribution in [-0.4, -0.2) is 29.2 Å². The maximum absolute atomic E-state index is 12.9. The molecule has 0 aromatic heterocycles. The van der Waals surface area contributed by atoms with Crippen molar-refractivity contribution >= 4 is 17.7 Å². The fourth-order valence-electron chi connectivity index (χ4n) is 4.88. The van der Waals surface area contributed by atoms with Gasteiger partial charge in [0, 0.05) is 13.0 Å². The number of hydrogen-bond acceptors (Lipinski definition) is 4. The average Bonchev–Trinajstić information content (AvgIpc) is 3.22. The summed E-state index contributed by atoms with van der Waals surface area (Å²) in [6.45, 7) is 0.266. The molecule has 190 valence electrons. The van der Waals surface area contributed by atoms with Crippen LogP contribution in [0.5, 0.6) is 0 Å². The average molecular weight is 505 g/mol. The number of nitrogens with one attached hydrogen (secondary N) is 1. The second-order valence-electron chi connectivity index (χ2n) is 9.17. The van der Waals surface area contributed by atoms with Crippen molar-refractivity contribution in [2.24, 2.45) is 0 Å². The molecule has 1 aliphatic heterocycles. The van der Waals surface area contributed by atoms with Gasteiger partial charge in [0.25, 0.3) is 11.8 Å². The van der Waals surface area contributed by atoms with Gasteiger partial charge in [-0.25, -0.2) is 5.48 Å². The van der Waals surface area contributed by atoms with E-state index >= 15 is 0 Å². The Morgan fingerprint density at radius 3 is 1.50 bits per heavy atom. The summed E-state index contributed by atoms with van der Waals surface area (Å²) in [6, 6.07) is 36.2. The molecule has 0 saturated heterocycles. The van der Waals surface area contributed by atoms with Crippen LogP contribution in [-0.2, 0) is 15.2 Å². The lowest BCUT2D eigenvalue weighted by atomic mass is 9.80. The first kappa shape index (κ1) is 25.1. The summed E-state index contributed by atoms with van der Waals surface area (Å²) in [5.74, 6) is -0.840. The summed E-state index contributed by atoms with van der Waals surface area (Å²) in [7, 11) is 0. The molecule has 1 N–H and O–H groups in total. The second kappa shape index (κ2) is 11.2. The van der Waals surface area contributed by atoms with Crippen molar-refractivity contribution in [2.75, 3.05) is 6.54 Å². The van der Waals surface area contributed by atoms with E-state index in [0.717, 1.165) is 16.7 Å². The molecule has 4 aromatic rings. The van der Waals surface area contributed by atoms with E-state index in [9.17, 15) is 14.4 Å². The van der Waals surface area contributed by atoms with Crippen molar-refractivity contribution in [3.05, 3.63) is 143 Å². The van der Waals surface area contributed by atoms with Crippen LogP contribution >= 0.6 is 0 Å². The zero-order valence-corrected chi connectivity index (χ0v) is 20.9. The van der Waals surface area contributed by atoms with Crippen molar-refractivity contribution < 1.29 is 19.2 Å². The summed E-state index contributed by atoms with van der Waals surface area (Å²) in [5, 5.41) is 0. The fraction of sp³-hybridized carbons (Fsp3) is 0.156. The number of imide groups is 1. The third-order valence-electron chi connectivity index (χ3n) is 6.77. The van der Waals surface area contributed by atoms with Crippen molar-refractivity contribution in [2.45, 2.75) is 24.9 Å². The highest BCUT2D eigenvalue weighted by Gasteiger charge is 2.39. The summed E-state index contributed by atoms with van der Waals surface area (Å²) in [4.78, 5) is 45.6. The first-order chi connectivity index (χ1) is 18.6. The van der Waals surface area contributed by atoms with E-state index in [2.05, 4.69) is 5.48 Å². The molecule has 0 aliphatic carbocycles. The number of amides is 3. The zero-order chi connectivity index (χ0) is 26.4. The van der Waals surface area contributed by atoms with Crippen LogP contribution in [0, 0.1) is 0 Å². The van der Waals surface area contributed by atoms with Gasteiger partial charge in [0.05, 0.1) is 11.1 Å². The molecule has 0 bridgehead atoms. The smallest absolute Gasteiger partial charge is 0.261 e. The van der Waals surface area contributed by atoms with Crippen LogP contribution in [0.25, 0.3) is 0 Å². The van der Waals surface area contributed by atoms with Gasteiger partial charge in [0.15, 0.2) is 5.60 Å². The molecule has 0 atom stereocenters. The maximum Gasteiger partial charge on any atom is 0.261 e. The molecular formula is C32H28N2O4. The SMILES string of the molecule is O=C(CCCCN1C(=O)c2ccccc2C1=O)NOC(c1ccccc1)(c1ccccc1)c1ccccc1. The number of carbonyl (C=O) groups is 3. The topological polar surface area (TPSA) is 75.7 Å². The summed E-state index contributed by atoms with van der Waals surface area (Å²) < 4.78 is 0. The Hall–Kier alpha value is -4.55. The van der Waals surface area contributed by atoms with Crippen LogP contribution in [0.1, 0.15) is 56.7 Å². The normalized spacial score (nSPS) is 12.9. The minimum absolute atomic E-state index is 0.192. The second-order valence-corrected chi connectivity index (χ2v) is 9.17. The van der Waals surface area contributed by atoms with Crippen molar-refractivity contribution in [1.29, 1.82) is 0 Å². The van der Waals surface area contributed by atoms with E-state index in [1.54, 1.807) is 24.3 Å².